The molecule has 0 saturated carbocycles. The number of hydrogen-bond donors (Lipinski definition) is 1. The average Bonchev–Trinajstić information content (AvgIpc) is 2.25. The number of hydrogen-bond acceptors (Lipinski definition) is 2. The minimum Gasteiger partial charge on any atom is -0.312 e. The Bertz CT molecular complexity index is 295. The average molecular weight is 188 g/mol. The van der Waals surface area contributed by atoms with Crippen LogP contribution in [-0.2, 0) is 13.0 Å². The van der Waals surface area contributed by atoms with Crippen molar-refractivity contribution >= 4 is 0 Å². The number of nitrogens with one attached hydrogen (secondary N) is 1. The van der Waals surface area contributed by atoms with Crippen molar-refractivity contribution in [1.29, 1.82) is 5.26 Å². The molecule has 1 aromatic rings. The summed E-state index contributed by atoms with van der Waals surface area (Å²) in [7, 11) is 0. The van der Waals surface area contributed by atoms with Gasteiger partial charge in [-0.15, -0.1) is 0 Å². The van der Waals surface area contributed by atoms with Gasteiger partial charge in [0.05, 0.1) is 6.07 Å². The molecule has 0 spiro atoms. The van der Waals surface area contributed by atoms with E-state index in [0.29, 0.717) is 6.42 Å². The van der Waals surface area contributed by atoms with Gasteiger partial charge in [-0.1, -0.05) is 31.2 Å². The quantitative estimate of drug-likeness (QED) is 0.719. The summed E-state index contributed by atoms with van der Waals surface area (Å²) in [6.07, 6.45) is 1.66. The standard InChI is InChI=1S/C12H16N2/c1-2-11-4-6-12(7-5-11)10-14-9-3-8-13/h4-7,14H,2-3,9-10H2,1H3. The molecule has 0 saturated heterocycles. The summed E-state index contributed by atoms with van der Waals surface area (Å²) < 4.78 is 0. The molecule has 14 heavy (non-hydrogen) atoms. The molecule has 0 aliphatic carbocycles. The second-order valence-electron chi connectivity index (χ2n) is 3.25. The zero-order valence-corrected chi connectivity index (χ0v) is 8.59. The minimum atomic E-state index is 0.576. The number of rotatable bonds is 5. The summed E-state index contributed by atoms with van der Waals surface area (Å²) in [6.45, 7) is 3.78. The van der Waals surface area contributed by atoms with E-state index in [4.69, 9.17) is 5.26 Å². The number of nitrogens with zero attached hydrogens (tertiary/aromatic N) is 1. The Hall–Kier alpha value is -1.33. The molecule has 2 heteroatoms. The van der Waals surface area contributed by atoms with Gasteiger partial charge in [0.15, 0.2) is 0 Å². The van der Waals surface area contributed by atoms with Crippen LogP contribution in [0.25, 0.3) is 0 Å². The van der Waals surface area contributed by atoms with Crippen LogP contribution in [0.5, 0.6) is 0 Å². The molecular formula is C12H16N2. The normalized spacial score (nSPS) is 9.71. The first-order valence-corrected chi connectivity index (χ1v) is 5.02. The summed E-state index contributed by atoms with van der Waals surface area (Å²) >= 11 is 0. The van der Waals surface area contributed by atoms with Gasteiger partial charge >= 0.3 is 0 Å². The van der Waals surface area contributed by atoms with Crippen molar-refractivity contribution in [2.75, 3.05) is 6.54 Å². The van der Waals surface area contributed by atoms with Gasteiger partial charge in [0.2, 0.25) is 0 Å². The molecule has 2 nitrogen and oxygen atoms in total. The minimum absolute atomic E-state index is 0.576. The molecule has 1 rings (SSSR count). The molecular weight excluding hydrogens is 172 g/mol. The van der Waals surface area contributed by atoms with Gasteiger partial charge in [-0.25, -0.2) is 0 Å². The Morgan fingerprint density at radius 1 is 1.21 bits per heavy atom. The summed E-state index contributed by atoms with van der Waals surface area (Å²) in [5.74, 6) is 0. The second-order valence-corrected chi connectivity index (χ2v) is 3.25. The Morgan fingerprint density at radius 3 is 2.43 bits per heavy atom. The van der Waals surface area contributed by atoms with Gasteiger partial charge in [-0.05, 0) is 17.5 Å². The fourth-order valence-electron chi connectivity index (χ4n) is 1.27. The zero-order valence-electron chi connectivity index (χ0n) is 8.59. The van der Waals surface area contributed by atoms with Crippen LogP contribution in [0.15, 0.2) is 24.3 Å². The first-order valence-electron chi connectivity index (χ1n) is 5.02. The molecule has 0 aromatic heterocycles. The third-order valence-corrected chi connectivity index (χ3v) is 2.17. The topological polar surface area (TPSA) is 35.8 Å². The highest BCUT2D eigenvalue weighted by Gasteiger charge is 1.92. The van der Waals surface area contributed by atoms with Crippen LogP contribution >= 0.6 is 0 Å². The lowest BCUT2D eigenvalue weighted by atomic mass is 10.1. The molecule has 1 aromatic carbocycles. The van der Waals surface area contributed by atoms with Crippen molar-refractivity contribution in [3.05, 3.63) is 35.4 Å². The van der Waals surface area contributed by atoms with Gasteiger partial charge in [-0.3, -0.25) is 0 Å². The molecule has 0 atom stereocenters. The highest BCUT2D eigenvalue weighted by Crippen LogP contribution is 2.04. The molecule has 0 fully saturated rings. The third-order valence-electron chi connectivity index (χ3n) is 2.17. The van der Waals surface area contributed by atoms with Gasteiger partial charge in [0.25, 0.3) is 0 Å². The van der Waals surface area contributed by atoms with E-state index in [2.05, 4.69) is 42.6 Å². The van der Waals surface area contributed by atoms with Crippen molar-refractivity contribution in [2.24, 2.45) is 0 Å². The zero-order chi connectivity index (χ0) is 10.2. The summed E-state index contributed by atoms with van der Waals surface area (Å²) in [5, 5.41) is 11.6. The third kappa shape index (κ3) is 3.59. The molecule has 0 amide bonds. The summed E-state index contributed by atoms with van der Waals surface area (Å²) in [5.41, 5.74) is 2.64. The summed E-state index contributed by atoms with van der Waals surface area (Å²) in [4.78, 5) is 0. The molecule has 0 bridgehead atoms. The van der Waals surface area contributed by atoms with E-state index in [9.17, 15) is 0 Å². The molecule has 0 unspecified atom stereocenters. The van der Waals surface area contributed by atoms with Crippen molar-refractivity contribution in [2.45, 2.75) is 26.3 Å². The van der Waals surface area contributed by atoms with Gasteiger partial charge in [0, 0.05) is 19.5 Å². The van der Waals surface area contributed by atoms with Crippen LogP contribution in [0.3, 0.4) is 0 Å². The Kier molecular flexibility index (Phi) is 4.74. The smallest absolute Gasteiger partial charge is 0.0635 e. The largest absolute Gasteiger partial charge is 0.312 e. The number of aryl methyl sites for hydroxylation is 1. The highest BCUT2D eigenvalue weighted by atomic mass is 14.8. The number of benzene rings is 1. The van der Waals surface area contributed by atoms with E-state index >= 15 is 0 Å². The molecule has 0 aliphatic rings. The molecule has 0 aliphatic heterocycles. The molecule has 74 valence electrons. The van der Waals surface area contributed by atoms with Crippen LogP contribution < -0.4 is 5.32 Å². The predicted octanol–water partition coefficient (Wildman–Crippen LogP) is 2.25. The lowest BCUT2D eigenvalue weighted by Crippen LogP contribution is -2.13. The van der Waals surface area contributed by atoms with Crippen LogP contribution in [-0.4, -0.2) is 6.54 Å². The molecule has 1 N–H and O–H groups in total. The first kappa shape index (κ1) is 10.7. The van der Waals surface area contributed by atoms with E-state index < -0.39 is 0 Å². The van der Waals surface area contributed by atoms with Gasteiger partial charge < -0.3 is 5.32 Å². The van der Waals surface area contributed by atoms with E-state index in [1.807, 2.05) is 0 Å². The van der Waals surface area contributed by atoms with Crippen LogP contribution in [0.2, 0.25) is 0 Å². The molecule has 0 radical (unpaired) electrons. The van der Waals surface area contributed by atoms with Gasteiger partial charge in [0.1, 0.15) is 0 Å². The second kappa shape index (κ2) is 6.17. The summed E-state index contributed by atoms with van der Waals surface area (Å²) in [6, 6.07) is 10.7. The first-order chi connectivity index (χ1) is 6.86. The lowest BCUT2D eigenvalue weighted by Gasteiger charge is -2.03. The maximum Gasteiger partial charge on any atom is 0.0635 e. The maximum absolute atomic E-state index is 8.34. The van der Waals surface area contributed by atoms with Crippen molar-refractivity contribution in [3.63, 3.8) is 0 Å². The van der Waals surface area contributed by atoms with E-state index in [1.165, 1.54) is 11.1 Å². The Labute approximate surface area is 85.6 Å². The van der Waals surface area contributed by atoms with Crippen molar-refractivity contribution < 1.29 is 0 Å². The SMILES string of the molecule is CCc1ccc(CNCCC#N)cc1. The molecule has 0 heterocycles. The van der Waals surface area contributed by atoms with Crippen LogP contribution in [0.1, 0.15) is 24.5 Å². The van der Waals surface area contributed by atoms with E-state index in [0.717, 1.165) is 19.5 Å². The fraction of sp³-hybridized carbons (Fsp3) is 0.417. The van der Waals surface area contributed by atoms with Crippen molar-refractivity contribution in [3.8, 4) is 6.07 Å². The lowest BCUT2D eigenvalue weighted by molar-refractivity contribution is 0.699. The van der Waals surface area contributed by atoms with Crippen molar-refractivity contribution in [1.82, 2.24) is 5.32 Å². The maximum atomic E-state index is 8.34. The predicted molar refractivity (Wildman–Crippen MR) is 57.8 cm³/mol. The van der Waals surface area contributed by atoms with Crippen LogP contribution in [0, 0.1) is 11.3 Å². The Morgan fingerprint density at radius 2 is 1.86 bits per heavy atom. The monoisotopic (exact) mass is 188 g/mol. The van der Waals surface area contributed by atoms with E-state index in [1.54, 1.807) is 0 Å². The van der Waals surface area contributed by atoms with Crippen LogP contribution in [0.4, 0.5) is 0 Å². The van der Waals surface area contributed by atoms with Gasteiger partial charge in [-0.2, -0.15) is 5.26 Å². The fourth-order valence-corrected chi connectivity index (χ4v) is 1.27. The highest BCUT2D eigenvalue weighted by molar-refractivity contribution is 5.22. The Balaban J connectivity index is 2.33. The van der Waals surface area contributed by atoms with E-state index in [-0.39, 0.29) is 0 Å². The number of nitriles is 1.